The number of halogens is 1. The second kappa shape index (κ2) is 3.89. The molecule has 0 heterocycles. The van der Waals surface area contributed by atoms with Gasteiger partial charge in [-0.1, -0.05) is 18.2 Å². The number of rotatable bonds is 3. The standard InChI is InChI=1S/C5H9ClO2/c1-4(6)2-5(8)3-7/h5,7-8H,1-3H2. The minimum atomic E-state index is -0.750. The largest absolute Gasteiger partial charge is 0.394 e. The van der Waals surface area contributed by atoms with E-state index in [1.807, 2.05) is 0 Å². The fourth-order valence-corrected chi connectivity index (χ4v) is 0.498. The van der Waals surface area contributed by atoms with Gasteiger partial charge < -0.3 is 10.2 Å². The Hall–Kier alpha value is -0.0500. The third-order valence-corrected chi connectivity index (χ3v) is 0.822. The van der Waals surface area contributed by atoms with E-state index in [4.69, 9.17) is 21.8 Å². The second-order valence-corrected chi connectivity index (χ2v) is 2.09. The van der Waals surface area contributed by atoms with Crippen molar-refractivity contribution in [1.82, 2.24) is 0 Å². The molecule has 0 saturated heterocycles. The Balaban J connectivity index is 3.24. The molecule has 0 saturated carbocycles. The van der Waals surface area contributed by atoms with Crippen molar-refractivity contribution in [3.05, 3.63) is 11.6 Å². The summed E-state index contributed by atoms with van der Waals surface area (Å²) in [6, 6.07) is 0. The second-order valence-electron chi connectivity index (χ2n) is 1.56. The molecule has 0 aliphatic rings. The zero-order chi connectivity index (χ0) is 6.57. The zero-order valence-electron chi connectivity index (χ0n) is 4.47. The predicted octanol–water partition coefficient (Wildman–Crippen LogP) is 0.482. The van der Waals surface area contributed by atoms with Gasteiger partial charge in [-0.15, -0.1) is 0 Å². The molecule has 0 aromatic carbocycles. The molecule has 2 N–H and O–H groups in total. The van der Waals surface area contributed by atoms with Crippen molar-refractivity contribution < 1.29 is 10.2 Å². The Morgan fingerprint density at radius 1 is 1.75 bits per heavy atom. The van der Waals surface area contributed by atoms with Crippen LogP contribution in [-0.2, 0) is 0 Å². The van der Waals surface area contributed by atoms with Crippen molar-refractivity contribution in [2.45, 2.75) is 12.5 Å². The fourth-order valence-electron chi connectivity index (χ4n) is 0.320. The normalized spacial score (nSPS) is 13.4. The number of hydrogen-bond donors (Lipinski definition) is 2. The lowest BCUT2D eigenvalue weighted by atomic mass is 10.3. The molecule has 0 bridgehead atoms. The monoisotopic (exact) mass is 136 g/mol. The van der Waals surface area contributed by atoms with Crippen molar-refractivity contribution in [2.75, 3.05) is 6.61 Å². The zero-order valence-corrected chi connectivity index (χ0v) is 5.23. The van der Waals surface area contributed by atoms with E-state index in [1.54, 1.807) is 0 Å². The van der Waals surface area contributed by atoms with Crippen LogP contribution in [0.4, 0.5) is 0 Å². The average Bonchev–Trinajstić information content (AvgIpc) is 1.65. The molecule has 0 aliphatic carbocycles. The van der Waals surface area contributed by atoms with Crippen LogP contribution in [0.15, 0.2) is 11.6 Å². The number of aliphatic hydroxyl groups is 2. The van der Waals surface area contributed by atoms with Crippen LogP contribution in [0.3, 0.4) is 0 Å². The summed E-state index contributed by atoms with van der Waals surface area (Å²) in [6.45, 7) is 3.08. The van der Waals surface area contributed by atoms with Crippen LogP contribution in [0.25, 0.3) is 0 Å². The van der Waals surface area contributed by atoms with Gasteiger partial charge in [0.25, 0.3) is 0 Å². The van der Waals surface area contributed by atoms with Crippen LogP contribution < -0.4 is 0 Å². The molecule has 0 radical (unpaired) electrons. The van der Waals surface area contributed by atoms with Gasteiger partial charge >= 0.3 is 0 Å². The van der Waals surface area contributed by atoms with E-state index < -0.39 is 6.10 Å². The maximum Gasteiger partial charge on any atom is 0.0819 e. The van der Waals surface area contributed by atoms with Crippen molar-refractivity contribution >= 4 is 11.6 Å². The molecule has 0 aliphatic heterocycles. The first kappa shape index (κ1) is 7.95. The van der Waals surface area contributed by atoms with Crippen LogP contribution in [0.2, 0.25) is 0 Å². The molecule has 48 valence electrons. The minimum absolute atomic E-state index is 0.258. The smallest absolute Gasteiger partial charge is 0.0819 e. The van der Waals surface area contributed by atoms with Gasteiger partial charge in [-0.05, 0) is 0 Å². The molecule has 2 nitrogen and oxygen atoms in total. The third-order valence-electron chi connectivity index (χ3n) is 0.668. The summed E-state index contributed by atoms with van der Waals surface area (Å²) in [7, 11) is 0. The van der Waals surface area contributed by atoms with Crippen LogP contribution >= 0.6 is 11.6 Å². The van der Waals surface area contributed by atoms with Crippen LogP contribution in [0, 0.1) is 0 Å². The summed E-state index contributed by atoms with van der Waals surface area (Å²) in [6.07, 6.45) is -0.488. The lowest BCUT2D eigenvalue weighted by Crippen LogP contribution is -2.10. The average molecular weight is 137 g/mol. The molecule has 1 unspecified atom stereocenters. The summed E-state index contributed by atoms with van der Waals surface area (Å²) in [4.78, 5) is 0. The summed E-state index contributed by atoms with van der Waals surface area (Å²) in [5, 5.41) is 17.2. The van der Waals surface area contributed by atoms with Gasteiger partial charge in [-0.25, -0.2) is 0 Å². The van der Waals surface area contributed by atoms with Crippen molar-refractivity contribution in [3.63, 3.8) is 0 Å². The number of aliphatic hydroxyl groups excluding tert-OH is 2. The van der Waals surface area contributed by atoms with E-state index in [2.05, 4.69) is 6.58 Å². The quantitative estimate of drug-likeness (QED) is 0.593. The summed E-state index contributed by atoms with van der Waals surface area (Å²) in [5.74, 6) is 0. The summed E-state index contributed by atoms with van der Waals surface area (Å²) < 4.78 is 0. The van der Waals surface area contributed by atoms with Gasteiger partial charge in [-0.2, -0.15) is 0 Å². The highest BCUT2D eigenvalue weighted by molar-refractivity contribution is 6.29. The molecule has 0 aromatic rings. The summed E-state index contributed by atoms with van der Waals surface area (Å²) in [5.41, 5.74) is 0. The Bertz CT molecular complexity index is 82.5. The fraction of sp³-hybridized carbons (Fsp3) is 0.600. The molecule has 0 rings (SSSR count). The minimum Gasteiger partial charge on any atom is -0.394 e. The van der Waals surface area contributed by atoms with Gasteiger partial charge in [0, 0.05) is 11.5 Å². The molecule has 0 spiro atoms. The van der Waals surface area contributed by atoms with E-state index in [1.165, 1.54) is 0 Å². The van der Waals surface area contributed by atoms with E-state index in [9.17, 15) is 0 Å². The van der Waals surface area contributed by atoms with Crippen LogP contribution in [-0.4, -0.2) is 22.9 Å². The van der Waals surface area contributed by atoms with Gasteiger partial charge in [0.05, 0.1) is 12.7 Å². The molecule has 3 heteroatoms. The first-order chi connectivity index (χ1) is 3.66. The highest BCUT2D eigenvalue weighted by Gasteiger charge is 2.00. The van der Waals surface area contributed by atoms with Crippen molar-refractivity contribution in [3.8, 4) is 0 Å². The van der Waals surface area contributed by atoms with Gasteiger partial charge in [-0.3, -0.25) is 0 Å². The number of hydrogen-bond acceptors (Lipinski definition) is 2. The molecular weight excluding hydrogens is 128 g/mol. The SMILES string of the molecule is C=C(Cl)CC(O)CO. The lowest BCUT2D eigenvalue weighted by molar-refractivity contribution is 0.0968. The molecule has 1 atom stereocenters. The first-order valence-corrected chi connectivity index (χ1v) is 2.66. The van der Waals surface area contributed by atoms with Crippen molar-refractivity contribution in [1.29, 1.82) is 0 Å². The molecule has 0 amide bonds. The van der Waals surface area contributed by atoms with Gasteiger partial charge in [0.1, 0.15) is 0 Å². The summed E-state index contributed by atoms with van der Waals surface area (Å²) >= 11 is 5.29. The highest BCUT2D eigenvalue weighted by atomic mass is 35.5. The first-order valence-electron chi connectivity index (χ1n) is 2.29. The van der Waals surface area contributed by atoms with Crippen molar-refractivity contribution in [2.24, 2.45) is 0 Å². The maximum atomic E-state index is 8.63. The Morgan fingerprint density at radius 3 is 2.38 bits per heavy atom. The van der Waals surface area contributed by atoms with E-state index in [0.29, 0.717) is 5.03 Å². The topological polar surface area (TPSA) is 40.5 Å². The van der Waals surface area contributed by atoms with Crippen LogP contribution in [0.1, 0.15) is 6.42 Å². The third kappa shape index (κ3) is 4.12. The Morgan fingerprint density at radius 2 is 2.25 bits per heavy atom. The van der Waals surface area contributed by atoms with Gasteiger partial charge in [0.15, 0.2) is 0 Å². The Kier molecular flexibility index (Phi) is 3.87. The predicted molar refractivity (Wildman–Crippen MR) is 32.7 cm³/mol. The van der Waals surface area contributed by atoms with E-state index in [-0.39, 0.29) is 13.0 Å². The van der Waals surface area contributed by atoms with Gasteiger partial charge in [0.2, 0.25) is 0 Å². The van der Waals surface area contributed by atoms with Crippen LogP contribution in [0.5, 0.6) is 0 Å². The molecule has 8 heavy (non-hydrogen) atoms. The van der Waals surface area contributed by atoms with E-state index >= 15 is 0 Å². The Labute approximate surface area is 53.4 Å². The maximum absolute atomic E-state index is 8.63. The molecule has 0 aromatic heterocycles. The molecular formula is C5H9ClO2. The lowest BCUT2D eigenvalue weighted by Gasteiger charge is -2.02. The van der Waals surface area contributed by atoms with E-state index in [0.717, 1.165) is 0 Å². The molecule has 0 fully saturated rings. The highest BCUT2D eigenvalue weighted by Crippen LogP contribution is 2.05.